The van der Waals surface area contributed by atoms with Gasteiger partial charge in [-0.3, -0.25) is 9.69 Å². The molecule has 0 bridgehead atoms. The van der Waals surface area contributed by atoms with E-state index in [9.17, 15) is 9.18 Å². The summed E-state index contributed by atoms with van der Waals surface area (Å²) in [4.78, 5) is 20.1. The van der Waals surface area contributed by atoms with Gasteiger partial charge in [0.25, 0.3) is 5.91 Å². The van der Waals surface area contributed by atoms with Gasteiger partial charge in [-0.05, 0) is 44.5 Å². The van der Waals surface area contributed by atoms with Crippen LogP contribution in [-0.2, 0) is 0 Å². The summed E-state index contributed by atoms with van der Waals surface area (Å²) < 4.78 is 13.6. The second kappa shape index (κ2) is 5.87. The van der Waals surface area contributed by atoms with Crippen LogP contribution < -0.4 is 0 Å². The fraction of sp³-hybridized carbons (Fsp3) is 0.600. The first kappa shape index (κ1) is 13.5. The van der Waals surface area contributed by atoms with Crippen LogP contribution in [-0.4, -0.2) is 52.9 Å². The van der Waals surface area contributed by atoms with Gasteiger partial charge < -0.3 is 4.90 Å². The zero-order chi connectivity index (χ0) is 13.9. The van der Waals surface area contributed by atoms with E-state index < -0.39 is 5.95 Å². The number of rotatable bonds is 2. The number of nitrogens with zero attached hydrogens (tertiary/aromatic N) is 3. The summed E-state index contributed by atoms with van der Waals surface area (Å²) in [6, 6.07) is 3.56. The molecule has 0 aromatic carbocycles. The highest BCUT2D eigenvalue weighted by atomic mass is 19.1. The second-order valence-electron chi connectivity index (χ2n) is 5.63. The summed E-state index contributed by atoms with van der Waals surface area (Å²) in [6.07, 6.45) is 6.18. The monoisotopic (exact) mass is 277 g/mol. The molecule has 108 valence electrons. The number of pyridine rings is 1. The van der Waals surface area contributed by atoms with Gasteiger partial charge in [-0.2, -0.15) is 4.39 Å². The number of carbonyl (C=O) groups is 1. The van der Waals surface area contributed by atoms with Crippen molar-refractivity contribution in [2.75, 3.05) is 26.2 Å². The molecular weight excluding hydrogens is 257 g/mol. The third-order valence-corrected chi connectivity index (χ3v) is 4.35. The van der Waals surface area contributed by atoms with Gasteiger partial charge in [-0.15, -0.1) is 0 Å². The summed E-state index contributed by atoms with van der Waals surface area (Å²) in [5.74, 6) is -0.894. The molecule has 0 N–H and O–H groups in total. The molecule has 1 aromatic heterocycles. The summed E-state index contributed by atoms with van der Waals surface area (Å²) in [7, 11) is 0. The van der Waals surface area contributed by atoms with Crippen LogP contribution in [0, 0.1) is 5.95 Å². The molecular formula is C15H20FN3O. The predicted octanol–water partition coefficient (Wildman–Crippen LogP) is 1.92. The number of hydrogen-bond acceptors (Lipinski definition) is 3. The topological polar surface area (TPSA) is 36.4 Å². The van der Waals surface area contributed by atoms with Crippen LogP contribution in [0.15, 0.2) is 18.3 Å². The van der Waals surface area contributed by atoms with Crippen molar-refractivity contribution in [2.45, 2.75) is 31.7 Å². The second-order valence-corrected chi connectivity index (χ2v) is 5.63. The molecule has 0 saturated carbocycles. The predicted molar refractivity (Wildman–Crippen MR) is 73.9 cm³/mol. The summed E-state index contributed by atoms with van der Waals surface area (Å²) in [5, 5.41) is 0. The minimum atomic E-state index is -0.668. The van der Waals surface area contributed by atoms with E-state index in [1.165, 1.54) is 31.5 Å². The SMILES string of the molecule is O=C(c1cccnc1F)N1CCC(N2CCCCC2)C1. The van der Waals surface area contributed by atoms with Crippen molar-refractivity contribution < 1.29 is 9.18 Å². The highest BCUT2D eigenvalue weighted by Gasteiger charge is 2.32. The van der Waals surface area contributed by atoms with E-state index >= 15 is 0 Å². The van der Waals surface area contributed by atoms with Crippen LogP contribution in [0.2, 0.25) is 0 Å². The van der Waals surface area contributed by atoms with Crippen LogP contribution in [0.1, 0.15) is 36.0 Å². The fourth-order valence-electron chi connectivity index (χ4n) is 3.22. The highest BCUT2D eigenvalue weighted by molar-refractivity contribution is 5.94. The molecule has 4 nitrogen and oxygen atoms in total. The van der Waals surface area contributed by atoms with Gasteiger partial charge in [0, 0.05) is 25.3 Å². The average Bonchev–Trinajstić information content (AvgIpc) is 2.98. The lowest BCUT2D eigenvalue weighted by Crippen LogP contribution is -2.41. The Morgan fingerprint density at radius 3 is 2.80 bits per heavy atom. The Labute approximate surface area is 118 Å². The normalized spacial score (nSPS) is 24.1. The molecule has 2 fully saturated rings. The molecule has 1 aromatic rings. The average molecular weight is 277 g/mol. The Balaban J connectivity index is 1.65. The Morgan fingerprint density at radius 2 is 2.05 bits per heavy atom. The Kier molecular flexibility index (Phi) is 3.96. The Bertz CT molecular complexity index is 488. The largest absolute Gasteiger partial charge is 0.337 e. The minimum Gasteiger partial charge on any atom is -0.337 e. The van der Waals surface area contributed by atoms with E-state index in [0.717, 1.165) is 19.5 Å². The van der Waals surface area contributed by atoms with Crippen LogP contribution in [0.3, 0.4) is 0 Å². The van der Waals surface area contributed by atoms with Crippen LogP contribution >= 0.6 is 0 Å². The third-order valence-electron chi connectivity index (χ3n) is 4.35. The van der Waals surface area contributed by atoms with Crippen molar-refractivity contribution in [1.82, 2.24) is 14.8 Å². The number of aromatic nitrogens is 1. The number of halogens is 1. The molecule has 3 heterocycles. The van der Waals surface area contributed by atoms with Crippen molar-refractivity contribution >= 4 is 5.91 Å². The quantitative estimate of drug-likeness (QED) is 0.775. The van der Waals surface area contributed by atoms with Gasteiger partial charge in [-0.25, -0.2) is 4.98 Å². The van der Waals surface area contributed by atoms with Crippen LogP contribution in [0.4, 0.5) is 4.39 Å². The lowest BCUT2D eigenvalue weighted by Gasteiger charge is -2.32. The molecule has 0 radical (unpaired) electrons. The summed E-state index contributed by atoms with van der Waals surface area (Å²) in [6.45, 7) is 3.70. The maximum absolute atomic E-state index is 13.6. The van der Waals surface area contributed by atoms with Gasteiger partial charge in [0.15, 0.2) is 0 Å². The van der Waals surface area contributed by atoms with Gasteiger partial charge in [-0.1, -0.05) is 6.42 Å². The van der Waals surface area contributed by atoms with Crippen molar-refractivity contribution in [2.24, 2.45) is 0 Å². The third kappa shape index (κ3) is 2.68. The number of likely N-dealkylation sites (tertiary alicyclic amines) is 2. The maximum atomic E-state index is 13.6. The fourth-order valence-corrected chi connectivity index (χ4v) is 3.22. The smallest absolute Gasteiger partial charge is 0.258 e. The van der Waals surface area contributed by atoms with Gasteiger partial charge in [0.1, 0.15) is 0 Å². The molecule has 3 rings (SSSR count). The molecule has 1 atom stereocenters. The molecule has 2 saturated heterocycles. The summed E-state index contributed by atoms with van der Waals surface area (Å²) >= 11 is 0. The molecule has 1 amide bonds. The van der Waals surface area contributed by atoms with Crippen molar-refractivity contribution in [3.8, 4) is 0 Å². The van der Waals surface area contributed by atoms with E-state index in [0.29, 0.717) is 19.1 Å². The molecule has 20 heavy (non-hydrogen) atoms. The first-order valence-corrected chi connectivity index (χ1v) is 7.39. The molecule has 0 spiro atoms. The Hall–Kier alpha value is -1.49. The maximum Gasteiger partial charge on any atom is 0.258 e. The first-order chi connectivity index (χ1) is 9.75. The van der Waals surface area contributed by atoms with E-state index in [1.807, 2.05) is 0 Å². The standard InChI is InChI=1S/C15H20FN3O/c16-14-13(5-4-7-17-14)15(20)19-10-6-12(11-19)18-8-2-1-3-9-18/h4-5,7,12H,1-3,6,8-11H2. The number of amides is 1. The van der Waals surface area contributed by atoms with Crippen LogP contribution in [0.25, 0.3) is 0 Å². The van der Waals surface area contributed by atoms with Gasteiger partial charge >= 0.3 is 0 Å². The first-order valence-electron chi connectivity index (χ1n) is 7.39. The lowest BCUT2D eigenvalue weighted by molar-refractivity contribution is 0.0766. The molecule has 2 aliphatic heterocycles. The molecule has 2 aliphatic rings. The van der Waals surface area contributed by atoms with Crippen LogP contribution in [0.5, 0.6) is 0 Å². The zero-order valence-electron chi connectivity index (χ0n) is 11.6. The highest BCUT2D eigenvalue weighted by Crippen LogP contribution is 2.21. The van der Waals surface area contributed by atoms with Crippen molar-refractivity contribution in [3.05, 3.63) is 29.8 Å². The number of carbonyl (C=O) groups excluding carboxylic acids is 1. The van der Waals surface area contributed by atoms with E-state index in [-0.39, 0.29) is 11.5 Å². The number of hydrogen-bond donors (Lipinski definition) is 0. The van der Waals surface area contributed by atoms with Gasteiger partial charge in [0.2, 0.25) is 5.95 Å². The lowest BCUT2D eigenvalue weighted by atomic mass is 10.1. The summed E-state index contributed by atoms with van der Waals surface area (Å²) in [5.41, 5.74) is 0.0896. The van der Waals surface area contributed by atoms with Crippen molar-refractivity contribution in [1.29, 1.82) is 0 Å². The van der Waals surface area contributed by atoms with Crippen molar-refractivity contribution in [3.63, 3.8) is 0 Å². The zero-order valence-corrected chi connectivity index (χ0v) is 11.6. The molecule has 5 heteroatoms. The van der Waals surface area contributed by atoms with E-state index in [1.54, 1.807) is 11.0 Å². The minimum absolute atomic E-state index is 0.0896. The van der Waals surface area contributed by atoms with Gasteiger partial charge in [0.05, 0.1) is 5.56 Å². The number of piperidine rings is 1. The molecule has 1 unspecified atom stereocenters. The Morgan fingerprint density at radius 1 is 1.25 bits per heavy atom. The molecule has 0 aliphatic carbocycles. The van der Waals surface area contributed by atoms with E-state index in [4.69, 9.17) is 0 Å². The van der Waals surface area contributed by atoms with E-state index in [2.05, 4.69) is 9.88 Å².